The maximum Gasteiger partial charge on any atom is 0.236 e. The van der Waals surface area contributed by atoms with Gasteiger partial charge in [0.15, 0.2) is 0 Å². The van der Waals surface area contributed by atoms with Crippen LogP contribution < -0.4 is 0 Å². The summed E-state index contributed by atoms with van der Waals surface area (Å²) in [5.41, 5.74) is 0. The van der Waals surface area contributed by atoms with Crippen LogP contribution in [0.2, 0.25) is 0 Å². The molecule has 0 aromatic carbocycles. The summed E-state index contributed by atoms with van der Waals surface area (Å²) in [6.07, 6.45) is 5.12. The first-order valence-corrected chi connectivity index (χ1v) is 6.75. The van der Waals surface area contributed by atoms with Gasteiger partial charge in [-0.25, -0.2) is 0 Å². The summed E-state index contributed by atoms with van der Waals surface area (Å²) in [6.45, 7) is 3.36. The number of likely N-dealkylation sites (N-methyl/N-ethyl adjacent to an activating group) is 1. The van der Waals surface area contributed by atoms with Crippen molar-refractivity contribution in [2.75, 3.05) is 20.1 Å². The van der Waals surface area contributed by atoms with Crippen LogP contribution in [0.4, 0.5) is 0 Å². The fraction of sp³-hybridized carbons (Fsp3) is 0.923. The Morgan fingerprint density at radius 3 is 2.76 bits per heavy atom. The number of carbonyl (C=O) groups is 1. The second kappa shape index (κ2) is 5.36. The van der Waals surface area contributed by atoms with Crippen molar-refractivity contribution in [2.45, 2.75) is 57.2 Å². The van der Waals surface area contributed by atoms with Gasteiger partial charge in [0.25, 0.3) is 0 Å². The van der Waals surface area contributed by atoms with Crippen LogP contribution >= 0.6 is 0 Å². The van der Waals surface area contributed by atoms with E-state index in [4.69, 9.17) is 0 Å². The Balaban J connectivity index is 1.82. The molecule has 0 aromatic heterocycles. The normalized spacial score (nSPS) is 27.1. The van der Waals surface area contributed by atoms with Crippen LogP contribution in [0.25, 0.3) is 0 Å². The van der Waals surface area contributed by atoms with Crippen LogP contribution in [0.15, 0.2) is 0 Å². The quantitative estimate of drug-likeness (QED) is 0.774. The topological polar surface area (TPSA) is 43.8 Å². The Labute approximate surface area is 104 Å². The number of carbonyl (C=O) groups excluding carboxylic acids is 1. The van der Waals surface area contributed by atoms with E-state index in [0.29, 0.717) is 18.6 Å². The average Bonchev–Trinajstić information content (AvgIpc) is 3.02. The lowest BCUT2D eigenvalue weighted by molar-refractivity contribution is -0.132. The van der Waals surface area contributed by atoms with Gasteiger partial charge in [-0.05, 0) is 45.6 Å². The van der Waals surface area contributed by atoms with Crippen molar-refractivity contribution >= 4 is 5.91 Å². The molecule has 0 radical (unpaired) electrons. The molecule has 1 N–H and O–H groups in total. The molecule has 0 spiro atoms. The minimum Gasteiger partial charge on any atom is -0.393 e. The van der Waals surface area contributed by atoms with Crippen LogP contribution in [0, 0.1) is 0 Å². The number of amides is 1. The SMILES string of the molecule is CC(O)CC1CCCN1CC(=O)N(C)C1CC1. The molecule has 1 saturated heterocycles. The van der Waals surface area contributed by atoms with E-state index < -0.39 is 0 Å². The highest BCUT2D eigenvalue weighted by Gasteiger charge is 2.32. The van der Waals surface area contributed by atoms with Crippen LogP contribution in [-0.4, -0.2) is 59.1 Å². The molecule has 4 nitrogen and oxygen atoms in total. The molecule has 2 aliphatic rings. The summed E-state index contributed by atoms with van der Waals surface area (Å²) in [5.74, 6) is 0.241. The van der Waals surface area contributed by atoms with Gasteiger partial charge in [-0.3, -0.25) is 9.69 Å². The summed E-state index contributed by atoms with van der Waals surface area (Å²) in [4.78, 5) is 16.2. The number of likely N-dealkylation sites (tertiary alicyclic amines) is 1. The first-order valence-electron chi connectivity index (χ1n) is 6.75. The first kappa shape index (κ1) is 12.8. The van der Waals surface area contributed by atoms with E-state index in [1.54, 1.807) is 0 Å². The second-order valence-electron chi connectivity index (χ2n) is 5.59. The Morgan fingerprint density at radius 1 is 1.47 bits per heavy atom. The number of aliphatic hydroxyl groups excluding tert-OH is 1. The summed E-state index contributed by atoms with van der Waals surface area (Å²) in [6, 6.07) is 0.895. The highest BCUT2D eigenvalue weighted by atomic mass is 16.3. The van der Waals surface area contributed by atoms with Crippen LogP contribution in [0.3, 0.4) is 0 Å². The molecule has 1 aliphatic carbocycles. The van der Waals surface area contributed by atoms with Crippen molar-refractivity contribution in [3.8, 4) is 0 Å². The molecule has 2 rings (SSSR count). The number of aliphatic hydroxyl groups is 1. The third kappa shape index (κ3) is 3.42. The minimum atomic E-state index is -0.267. The van der Waals surface area contributed by atoms with Crippen LogP contribution in [0.1, 0.15) is 39.0 Å². The third-order valence-electron chi connectivity index (χ3n) is 3.94. The number of rotatable bonds is 5. The molecule has 1 heterocycles. The lowest BCUT2D eigenvalue weighted by atomic mass is 10.1. The van der Waals surface area contributed by atoms with Gasteiger partial charge in [0.1, 0.15) is 0 Å². The maximum atomic E-state index is 12.0. The molecule has 1 amide bonds. The maximum absolute atomic E-state index is 12.0. The highest BCUT2D eigenvalue weighted by molar-refractivity contribution is 5.78. The molecule has 1 saturated carbocycles. The Bertz CT molecular complexity index is 277. The van der Waals surface area contributed by atoms with E-state index in [2.05, 4.69) is 4.90 Å². The molecule has 1 aliphatic heterocycles. The van der Waals surface area contributed by atoms with E-state index in [0.717, 1.165) is 25.8 Å². The molecule has 17 heavy (non-hydrogen) atoms. The number of hydrogen-bond donors (Lipinski definition) is 1. The Hall–Kier alpha value is -0.610. The minimum absolute atomic E-state index is 0.241. The summed E-state index contributed by atoms with van der Waals surface area (Å²) < 4.78 is 0. The monoisotopic (exact) mass is 240 g/mol. The van der Waals surface area contributed by atoms with Crippen LogP contribution in [-0.2, 0) is 4.79 Å². The van der Waals surface area contributed by atoms with Crippen molar-refractivity contribution in [2.24, 2.45) is 0 Å². The third-order valence-corrected chi connectivity index (χ3v) is 3.94. The molecule has 2 atom stereocenters. The molecule has 98 valence electrons. The summed E-state index contributed by atoms with van der Waals surface area (Å²) in [5, 5.41) is 9.45. The fourth-order valence-electron chi connectivity index (χ4n) is 2.71. The molecular weight excluding hydrogens is 216 g/mol. The second-order valence-corrected chi connectivity index (χ2v) is 5.59. The predicted octanol–water partition coefficient (Wildman–Crippen LogP) is 0.842. The van der Waals surface area contributed by atoms with Gasteiger partial charge in [0.2, 0.25) is 5.91 Å². The fourth-order valence-corrected chi connectivity index (χ4v) is 2.71. The smallest absolute Gasteiger partial charge is 0.236 e. The van der Waals surface area contributed by atoms with Gasteiger partial charge < -0.3 is 10.0 Å². The molecule has 0 aromatic rings. The van der Waals surface area contributed by atoms with E-state index in [1.165, 1.54) is 12.8 Å². The van der Waals surface area contributed by atoms with Gasteiger partial charge in [-0.1, -0.05) is 0 Å². The summed E-state index contributed by atoms with van der Waals surface area (Å²) in [7, 11) is 1.92. The molecule has 2 fully saturated rings. The van der Waals surface area contributed by atoms with Crippen molar-refractivity contribution < 1.29 is 9.90 Å². The van der Waals surface area contributed by atoms with Crippen molar-refractivity contribution in [1.29, 1.82) is 0 Å². The molecule has 0 bridgehead atoms. The highest BCUT2D eigenvalue weighted by Crippen LogP contribution is 2.26. The van der Waals surface area contributed by atoms with Gasteiger partial charge in [0.05, 0.1) is 12.6 Å². The van der Waals surface area contributed by atoms with E-state index in [-0.39, 0.29) is 12.0 Å². The van der Waals surface area contributed by atoms with Crippen molar-refractivity contribution in [3.63, 3.8) is 0 Å². The van der Waals surface area contributed by atoms with Crippen molar-refractivity contribution in [1.82, 2.24) is 9.80 Å². The van der Waals surface area contributed by atoms with Gasteiger partial charge in [-0.15, -0.1) is 0 Å². The first-order chi connectivity index (χ1) is 8.08. The lowest BCUT2D eigenvalue weighted by Gasteiger charge is -2.27. The predicted molar refractivity (Wildman–Crippen MR) is 66.7 cm³/mol. The van der Waals surface area contributed by atoms with Crippen LogP contribution in [0.5, 0.6) is 0 Å². The zero-order valence-electron chi connectivity index (χ0n) is 10.9. The van der Waals surface area contributed by atoms with Gasteiger partial charge in [0, 0.05) is 19.1 Å². The van der Waals surface area contributed by atoms with E-state index in [1.807, 2.05) is 18.9 Å². The standard InChI is InChI=1S/C13H24N2O2/c1-10(16)8-12-4-3-7-15(12)9-13(17)14(2)11-5-6-11/h10-12,16H,3-9H2,1-2H3. The lowest BCUT2D eigenvalue weighted by Crippen LogP contribution is -2.42. The Kier molecular flexibility index (Phi) is 4.05. The summed E-state index contributed by atoms with van der Waals surface area (Å²) >= 11 is 0. The van der Waals surface area contributed by atoms with Gasteiger partial charge in [-0.2, -0.15) is 0 Å². The molecule has 2 unspecified atom stereocenters. The van der Waals surface area contributed by atoms with E-state index >= 15 is 0 Å². The molecule has 4 heteroatoms. The van der Waals surface area contributed by atoms with Gasteiger partial charge >= 0.3 is 0 Å². The largest absolute Gasteiger partial charge is 0.393 e. The zero-order chi connectivity index (χ0) is 12.4. The zero-order valence-corrected chi connectivity index (χ0v) is 10.9. The van der Waals surface area contributed by atoms with E-state index in [9.17, 15) is 9.90 Å². The average molecular weight is 240 g/mol. The Morgan fingerprint density at radius 2 is 2.18 bits per heavy atom. The number of nitrogens with zero attached hydrogens (tertiary/aromatic N) is 2. The number of hydrogen-bond acceptors (Lipinski definition) is 3. The van der Waals surface area contributed by atoms with Crippen molar-refractivity contribution in [3.05, 3.63) is 0 Å². The molecular formula is C13H24N2O2.